The fourth-order valence-corrected chi connectivity index (χ4v) is 3.75. The second-order valence-electron chi connectivity index (χ2n) is 6.12. The standard InChI is InChI=1S/C16H22FN3/c17-14-9-12(16(18)19)5-6-15(14)20-8-7-11-3-1-2-4-13(11)10-20/h5-6,9,11,13H,1-4,7-8,10H2,(H3,18,19). The van der Waals surface area contributed by atoms with E-state index in [0.29, 0.717) is 11.3 Å². The minimum absolute atomic E-state index is 0.0820. The molecule has 0 aromatic heterocycles. The first-order valence-electron chi connectivity index (χ1n) is 7.54. The molecule has 1 aliphatic heterocycles. The summed E-state index contributed by atoms with van der Waals surface area (Å²) in [5.74, 6) is 1.23. The van der Waals surface area contributed by atoms with E-state index in [-0.39, 0.29) is 11.7 Å². The molecule has 1 aliphatic carbocycles. The van der Waals surface area contributed by atoms with E-state index in [0.717, 1.165) is 24.9 Å². The molecule has 1 aromatic rings. The first kappa shape index (κ1) is 13.4. The molecule has 3 rings (SSSR count). The van der Waals surface area contributed by atoms with Gasteiger partial charge in [-0.3, -0.25) is 5.41 Å². The Morgan fingerprint density at radius 3 is 2.65 bits per heavy atom. The topological polar surface area (TPSA) is 53.1 Å². The van der Waals surface area contributed by atoms with Gasteiger partial charge in [-0.25, -0.2) is 4.39 Å². The monoisotopic (exact) mass is 275 g/mol. The quantitative estimate of drug-likeness (QED) is 0.643. The molecule has 0 radical (unpaired) electrons. The predicted octanol–water partition coefficient (Wildman–Crippen LogP) is 3.13. The molecule has 0 bridgehead atoms. The molecule has 0 amide bonds. The molecule has 2 unspecified atom stereocenters. The fourth-order valence-electron chi connectivity index (χ4n) is 3.75. The lowest BCUT2D eigenvalue weighted by Crippen LogP contribution is -2.42. The van der Waals surface area contributed by atoms with Crippen molar-refractivity contribution < 1.29 is 4.39 Å². The number of rotatable bonds is 2. The van der Waals surface area contributed by atoms with Crippen molar-refractivity contribution in [1.82, 2.24) is 0 Å². The minimum Gasteiger partial charge on any atom is -0.384 e. The number of nitrogens with zero attached hydrogens (tertiary/aromatic N) is 1. The molecule has 20 heavy (non-hydrogen) atoms. The second-order valence-corrected chi connectivity index (χ2v) is 6.12. The van der Waals surface area contributed by atoms with Crippen LogP contribution in [0.2, 0.25) is 0 Å². The SMILES string of the molecule is N=C(N)c1ccc(N2CCC3CCCCC3C2)c(F)c1. The molecule has 0 spiro atoms. The molecule has 1 heterocycles. The van der Waals surface area contributed by atoms with Crippen molar-refractivity contribution in [3.8, 4) is 0 Å². The molecule has 1 saturated heterocycles. The van der Waals surface area contributed by atoms with Gasteiger partial charge in [-0.15, -0.1) is 0 Å². The van der Waals surface area contributed by atoms with Gasteiger partial charge in [0.2, 0.25) is 0 Å². The van der Waals surface area contributed by atoms with Crippen molar-refractivity contribution in [3.05, 3.63) is 29.6 Å². The third-order valence-electron chi connectivity index (χ3n) is 4.89. The van der Waals surface area contributed by atoms with Crippen molar-refractivity contribution in [2.45, 2.75) is 32.1 Å². The van der Waals surface area contributed by atoms with Gasteiger partial charge in [0.1, 0.15) is 11.7 Å². The zero-order chi connectivity index (χ0) is 14.1. The van der Waals surface area contributed by atoms with Crippen LogP contribution in [0.1, 0.15) is 37.7 Å². The Bertz CT molecular complexity index is 514. The number of piperidine rings is 1. The molecular weight excluding hydrogens is 253 g/mol. The van der Waals surface area contributed by atoms with Gasteiger partial charge < -0.3 is 10.6 Å². The summed E-state index contributed by atoms with van der Waals surface area (Å²) >= 11 is 0. The number of halogens is 1. The number of hydrogen-bond acceptors (Lipinski definition) is 2. The Kier molecular flexibility index (Phi) is 3.64. The van der Waals surface area contributed by atoms with Crippen molar-refractivity contribution in [2.75, 3.05) is 18.0 Å². The lowest BCUT2D eigenvalue weighted by Gasteiger charge is -2.42. The number of nitrogen functional groups attached to an aromatic ring is 1. The van der Waals surface area contributed by atoms with Crippen LogP contribution in [0.15, 0.2) is 18.2 Å². The van der Waals surface area contributed by atoms with Crippen LogP contribution >= 0.6 is 0 Å². The van der Waals surface area contributed by atoms with Crippen LogP contribution in [-0.4, -0.2) is 18.9 Å². The van der Waals surface area contributed by atoms with Crippen molar-refractivity contribution in [1.29, 1.82) is 5.41 Å². The lowest BCUT2D eigenvalue weighted by atomic mass is 9.75. The van der Waals surface area contributed by atoms with Gasteiger partial charge in [0.05, 0.1) is 5.69 Å². The molecule has 1 aromatic carbocycles. The third kappa shape index (κ3) is 2.51. The normalized spacial score (nSPS) is 26.1. The number of amidine groups is 1. The van der Waals surface area contributed by atoms with Gasteiger partial charge in [0, 0.05) is 18.7 Å². The Morgan fingerprint density at radius 1 is 1.20 bits per heavy atom. The fraction of sp³-hybridized carbons (Fsp3) is 0.562. The summed E-state index contributed by atoms with van der Waals surface area (Å²) < 4.78 is 14.2. The molecule has 4 heteroatoms. The van der Waals surface area contributed by atoms with Crippen LogP contribution in [0.5, 0.6) is 0 Å². The Labute approximate surface area is 119 Å². The van der Waals surface area contributed by atoms with Crippen LogP contribution in [0, 0.1) is 23.1 Å². The van der Waals surface area contributed by atoms with E-state index in [4.69, 9.17) is 11.1 Å². The third-order valence-corrected chi connectivity index (χ3v) is 4.89. The van der Waals surface area contributed by atoms with Gasteiger partial charge in [0.15, 0.2) is 0 Å². The van der Waals surface area contributed by atoms with Gasteiger partial charge in [-0.2, -0.15) is 0 Å². The zero-order valence-electron chi connectivity index (χ0n) is 11.7. The van der Waals surface area contributed by atoms with E-state index in [2.05, 4.69) is 4.90 Å². The van der Waals surface area contributed by atoms with E-state index in [9.17, 15) is 4.39 Å². The van der Waals surface area contributed by atoms with Gasteiger partial charge >= 0.3 is 0 Å². The van der Waals surface area contributed by atoms with Crippen LogP contribution in [0.25, 0.3) is 0 Å². The number of hydrogen-bond donors (Lipinski definition) is 2. The molecule has 2 fully saturated rings. The maximum atomic E-state index is 14.2. The van der Waals surface area contributed by atoms with Gasteiger partial charge in [0.25, 0.3) is 0 Å². The number of nitrogens with one attached hydrogen (secondary N) is 1. The van der Waals surface area contributed by atoms with Gasteiger partial charge in [-0.1, -0.05) is 19.3 Å². The second kappa shape index (κ2) is 5.43. The van der Waals surface area contributed by atoms with E-state index in [1.165, 1.54) is 38.2 Å². The molecule has 3 N–H and O–H groups in total. The van der Waals surface area contributed by atoms with Crippen molar-refractivity contribution in [3.63, 3.8) is 0 Å². The highest BCUT2D eigenvalue weighted by Crippen LogP contribution is 2.38. The molecule has 2 aliphatic rings. The summed E-state index contributed by atoms with van der Waals surface area (Å²) in [7, 11) is 0. The van der Waals surface area contributed by atoms with E-state index in [1.54, 1.807) is 12.1 Å². The first-order chi connectivity index (χ1) is 9.65. The maximum absolute atomic E-state index is 14.2. The van der Waals surface area contributed by atoms with Gasteiger partial charge in [-0.05, 0) is 42.9 Å². The van der Waals surface area contributed by atoms with Crippen molar-refractivity contribution in [2.24, 2.45) is 17.6 Å². The lowest BCUT2D eigenvalue weighted by molar-refractivity contribution is 0.202. The molecule has 1 saturated carbocycles. The highest BCUT2D eigenvalue weighted by Gasteiger charge is 2.31. The average molecular weight is 275 g/mol. The summed E-state index contributed by atoms with van der Waals surface area (Å²) in [6.07, 6.45) is 6.50. The molecule has 3 nitrogen and oxygen atoms in total. The summed E-state index contributed by atoms with van der Waals surface area (Å²) in [6, 6.07) is 4.90. The average Bonchev–Trinajstić information content (AvgIpc) is 2.46. The highest BCUT2D eigenvalue weighted by molar-refractivity contribution is 5.95. The molecule has 2 atom stereocenters. The van der Waals surface area contributed by atoms with Crippen LogP contribution in [0.3, 0.4) is 0 Å². The Balaban J connectivity index is 1.78. The number of fused-ring (bicyclic) bond motifs is 1. The Hall–Kier alpha value is -1.58. The van der Waals surface area contributed by atoms with Crippen LogP contribution in [-0.2, 0) is 0 Å². The minimum atomic E-state index is -0.257. The van der Waals surface area contributed by atoms with E-state index >= 15 is 0 Å². The number of nitrogens with two attached hydrogens (primary N) is 1. The van der Waals surface area contributed by atoms with E-state index in [1.807, 2.05) is 0 Å². The smallest absolute Gasteiger partial charge is 0.147 e. The summed E-state index contributed by atoms with van der Waals surface area (Å²) in [4.78, 5) is 2.17. The molecular formula is C16H22FN3. The van der Waals surface area contributed by atoms with Crippen molar-refractivity contribution >= 4 is 11.5 Å². The largest absolute Gasteiger partial charge is 0.384 e. The number of anilines is 1. The zero-order valence-corrected chi connectivity index (χ0v) is 11.7. The summed E-state index contributed by atoms with van der Waals surface area (Å²) in [5, 5.41) is 7.37. The van der Waals surface area contributed by atoms with Crippen LogP contribution in [0.4, 0.5) is 10.1 Å². The summed E-state index contributed by atoms with van der Waals surface area (Å²) in [6.45, 7) is 1.92. The first-order valence-corrected chi connectivity index (χ1v) is 7.54. The molecule has 108 valence electrons. The highest BCUT2D eigenvalue weighted by atomic mass is 19.1. The van der Waals surface area contributed by atoms with Crippen LogP contribution < -0.4 is 10.6 Å². The summed E-state index contributed by atoms with van der Waals surface area (Å²) in [5.41, 5.74) is 6.52. The Morgan fingerprint density at radius 2 is 1.95 bits per heavy atom. The van der Waals surface area contributed by atoms with E-state index < -0.39 is 0 Å². The predicted molar refractivity (Wildman–Crippen MR) is 79.7 cm³/mol. The number of benzene rings is 1. The maximum Gasteiger partial charge on any atom is 0.147 e.